The number of rotatable bonds is 5. The molecule has 2 heterocycles. The molecule has 0 fully saturated rings. The highest BCUT2D eigenvalue weighted by atomic mass is 32.1. The van der Waals surface area contributed by atoms with Gasteiger partial charge in [-0.15, -0.1) is 11.3 Å². The quantitative estimate of drug-likeness (QED) is 0.768. The molecule has 0 aliphatic heterocycles. The van der Waals surface area contributed by atoms with Gasteiger partial charge in [-0.05, 0) is 0 Å². The largest absolute Gasteiger partial charge is 0.424 e. The summed E-state index contributed by atoms with van der Waals surface area (Å²) in [5.41, 5.74) is -3.15. The SMILES string of the molecule is Cn1ccnc1[C@](O)(CCNC(=O)Nc1nccs1)C(F)(F)F. The van der Waals surface area contributed by atoms with E-state index in [1.54, 1.807) is 5.38 Å². The van der Waals surface area contributed by atoms with Crippen molar-refractivity contribution in [3.05, 3.63) is 29.8 Å². The van der Waals surface area contributed by atoms with Crippen molar-refractivity contribution in [1.82, 2.24) is 19.9 Å². The van der Waals surface area contributed by atoms with Crippen LogP contribution in [-0.4, -0.2) is 38.4 Å². The number of anilines is 1. The second-order valence-corrected chi connectivity index (χ2v) is 5.58. The van der Waals surface area contributed by atoms with Crippen molar-refractivity contribution < 1.29 is 23.1 Å². The number of nitrogens with zero attached hydrogens (tertiary/aromatic N) is 3. The summed E-state index contributed by atoms with van der Waals surface area (Å²) in [7, 11) is 1.35. The van der Waals surface area contributed by atoms with Gasteiger partial charge < -0.3 is 15.0 Å². The third kappa shape index (κ3) is 3.79. The Balaban J connectivity index is 2.00. The lowest BCUT2D eigenvalue weighted by molar-refractivity contribution is -0.272. The number of carbonyl (C=O) groups excluding carboxylic acids is 1. The van der Waals surface area contributed by atoms with Crippen LogP contribution in [0, 0.1) is 0 Å². The third-order valence-electron chi connectivity index (χ3n) is 3.09. The maximum atomic E-state index is 13.2. The average Bonchev–Trinajstić information content (AvgIpc) is 3.08. The van der Waals surface area contributed by atoms with E-state index in [1.165, 1.54) is 30.8 Å². The summed E-state index contributed by atoms with van der Waals surface area (Å²) >= 11 is 1.17. The van der Waals surface area contributed by atoms with Crippen molar-refractivity contribution in [2.75, 3.05) is 11.9 Å². The molecule has 0 aliphatic rings. The van der Waals surface area contributed by atoms with E-state index in [4.69, 9.17) is 0 Å². The van der Waals surface area contributed by atoms with Crippen molar-refractivity contribution in [2.24, 2.45) is 7.05 Å². The fourth-order valence-corrected chi connectivity index (χ4v) is 2.45. The van der Waals surface area contributed by atoms with Gasteiger partial charge >= 0.3 is 12.2 Å². The number of hydrogen-bond donors (Lipinski definition) is 3. The van der Waals surface area contributed by atoms with E-state index >= 15 is 0 Å². The Bertz CT molecular complexity index is 658. The van der Waals surface area contributed by atoms with Gasteiger partial charge in [-0.1, -0.05) is 0 Å². The Labute approximate surface area is 133 Å². The lowest BCUT2D eigenvalue weighted by Gasteiger charge is -2.29. The maximum Gasteiger partial charge on any atom is 0.424 e. The number of thiazole rings is 1. The molecule has 0 spiro atoms. The van der Waals surface area contributed by atoms with Gasteiger partial charge in [-0.25, -0.2) is 14.8 Å². The summed E-state index contributed by atoms with van der Waals surface area (Å²) in [6.07, 6.45) is -1.76. The fraction of sp³-hybridized carbons (Fsp3) is 0.417. The third-order valence-corrected chi connectivity index (χ3v) is 3.77. The Morgan fingerprint density at radius 1 is 1.39 bits per heavy atom. The van der Waals surface area contributed by atoms with E-state index in [0.717, 1.165) is 10.8 Å². The van der Waals surface area contributed by atoms with Crippen molar-refractivity contribution in [2.45, 2.75) is 18.2 Å². The van der Waals surface area contributed by atoms with Crippen LogP contribution in [0.1, 0.15) is 12.2 Å². The van der Waals surface area contributed by atoms with Crippen LogP contribution in [-0.2, 0) is 12.6 Å². The molecule has 0 saturated heterocycles. The fourth-order valence-electron chi connectivity index (χ4n) is 1.93. The Kier molecular flexibility index (Phi) is 4.90. The van der Waals surface area contributed by atoms with E-state index in [1.807, 2.05) is 0 Å². The molecule has 2 aromatic rings. The molecule has 2 amide bonds. The van der Waals surface area contributed by atoms with Crippen LogP contribution in [0.25, 0.3) is 0 Å². The molecule has 0 saturated carbocycles. The summed E-state index contributed by atoms with van der Waals surface area (Å²) in [5.74, 6) is -0.535. The van der Waals surface area contributed by atoms with Crippen LogP contribution in [0.4, 0.5) is 23.1 Å². The molecule has 0 aliphatic carbocycles. The van der Waals surface area contributed by atoms with Crippen molar-refractivity contribution in [3.8, 4) is 0 Å². The Morgan fingerprint density at radius 3 is 2.65 bits per heavy atom. The first-order chi connectivity index (χ1) is 10.7. The van der Waals surface area contributed by atoms with E-state index in [0.29, 0.717) is 5.13 Å². The normalized spacial score (nSPS) is 14.3. The van der Waals surface area contributed by atoms with Crippen molar-refractivity contribution in [1.29, 1.82) is 0 Å². The molecule has 126 valence electrons. The maximum absolute atomic E-state index is 13.2. The number of carbonyl (C=O) groups is 1. The summed E-state index contributed by atoms with van der Waals surface area (Å²) in [4.78, 5) is 18.9. The number of alkyl halides is 3. The number of nitrogens with one attached hydrogen (secondary N) is 2. The second-order valence-electron chi connectivity index (χ2n) is 4.69. The van der Waals surface area contributed by atoms with E-state index < -0.39 is 36.6 Å². The number of aromatic nitrogens is 3. The minimum absolute atomic E-state index is 0.317. The van der Waals surface area contributed by atoms with E-state index in [2.05, 4.69) is 20.6 Å². The monoisotopic (exact) mass is 349 g/mol. The zero-order chi connectivity index (χ0) is 17.1. The number of imidazole rings is 1. The molecule has 0 bridgehead atoms. The number of aryl methyl sites for hydroxylation is 1. The zero-order valence-electron chi connectivity index (χ0n) is 12.0. The minimum atomic E-state index is -4.93. The summed E-state index contributed by atoms with van der Waals surface area (Å²) < 4.78 is 40.8. The average molecular weight is 349 g/mol. The van der Waals surface area contributed by atoms with Gasteiger partial charge in [-0.2, -0.15) is 13.2 Å². The van der Waals surface area contributed by atoms with Gasteiger partial charge in [0.25, 0.3) is 0 Å². The molecule has 1 atom stereocenters. The van der Waals surface area contributed by atoms with Gasteiger partial charge in [0, 0.05) is 44.0 Å². The molecular weight excluding hydrogens is 335 g/mol. The number of aliphatic hydroxyl groups is 1. The van der Waals surface area contributed by atoms with Crippen molar-refractivity contribution in [3.63, 3.8) is 0 Å². The highest BCUT2D eigenvalue weighted by molar-refractivity contribution is 7.13. The number of amides is 2. The van der Waals surface area contributed by atoms with Crippen LogP contribution in [0.3, 0.4) is 0 Å². The highest BCUT2D eigenvalue weighted by Gasteiger charge is 2.57. The predicted molar refractivity (Wildman–Crippen MR) is 76.9 cm³/mol. The van der Waals surface area contributed by atoms with Crippen LogP contribution < -0.4 is 10.6 Å². The lowest BCUT2D eigenvalue weighted by Crippen LogP contribution is -2.47. The summed E-state index contributed by atoms with van der Waals surface area (Å²) in [6, 6.07) is -0.704. The standard InChI is InChI=1S/C12H14F3N5O2S/c1-20-6-4-16-8(20)11(22,12(13,14)15)2-3-17-9(21)19-10-18-5-7-23-10/h4-7,22H,2-3H2,1H3,(H2,17,18,19,21)/t11-/m1/s1. The van der Waals surface area contributed by atoms with E-state index in [-0.39, 0.29) is 0 Å². The number of hydrogen-bond acceptors (Lipinski definition) is 5. The predicted octanol–water partition coefficient (Wildman–Crippen LogP) is 1.84. The second kappa shape index (κ2) is 6.54. The van der Waals surface area contributed by atoms with Crippen molar-refractivity contribution >= 4 is 22.5 Å². The van der Waals surface area contributed by atoms with Gasteiger partial charge in [0.2, 0.25) is 5.60 Å². The zero-order valence-corrected chi connectivity index (χ0v) is 12.8. The Hall–Kier alpha value is -2.14. The highest BCUT2D eigenvalue weighted by Crippen LogP contribution is 2.40. The van der Waals surface area contributed by atoms with Crippen LogP contribution in [0.5, 0.6) is 0 Å². The first kappa shape index (κ1) is 17.2. The molecule has 7 nitrogen and oxygen atoms in total. The van der Waals surface area contributed by atoms with Gasteiger partial charge in [0.15, 0.2) is 5.13 Å². The molecular formula is C12H14F3N5O2S. The van der Waals surface area contributed by atoms with Crippen LogP contribution >= 0.6 is 11.3 Å². The molecule has 0 unspecified atom stereocenters. The van der Waals surface area contributed by atoms with Gasteiger partial charge in [0.1, 0.15) is 5.82 Å². The molecule has 2 rings (SSSR count). The Morgan fingerprint density at radius 2 is 2.13 bits per heavy atom. The minimum Gasteiger partial charge on any atom is -0.374 e. The molecule has 2 aromatic heterocycles. The van der Waals surface area contributed by atoms with Gasteiger partial charge in [-0.3, -0.25) is 5.32 Å². The first-order valence-corrected chi connectivity index (χ1v) is 7.33. The topological polar surface area (TPSA) is 92.1 Å². The molecule has 3 N–H and O–H groups in total. The molecule has 0 radical (unpaired) electrons. The van der Waals surface area contributed by atoms with Crippen LogP contribution in [0.15, 0.2) is 24.0 Å². The molecule has 0 aromatic carbocycles. The van der Waals surface area contributed by atoms with Gasteiger partial charge in [0.05, 0.1) is 0 Å². The lowest BCUT2D eigenvalue weighted by atomic mass is 9.97. The molecule has 11 heteroatoms. The smallest absolute Gasteiger partial charge is 0.374 e. The van der Waals surface area contributed by atoms with E-state index in [9.17, 15) is 23.1 Å². The first-order valence-electron chi connectivity index (χ1n) is 6.45. The summed E-state index contributed by atoms with van der Waals surface area (Å²) in [5, 5.41) is 16.6. The number of halogens is 3. The summed E-state index contributed by atoms with van der Waals surface area (Å²) in [6.45, 7) is -0.403. The number of urea groups is 1. The van der Waals surface area contributed by atoms with Crippen LogP contribution in [0.2, 0.25) is 0 Å². The molecule has 23 heavy (non-hydrogen) atoms.